The maximum absolute atomic E-state index is 13.4. The largest absolute Gasteiger partial charge is 0.480 e. The van der Waals surface area contributed by atoms with Crippen LogP contribution < -0.4 is 9.62 Å². The van der Waals surface area contributed by atoms with Crippen molar-refractivity contribution in [2.24, 2.45) is 0 Å². The van der Waals surface area contributed by atoms with Gasteiger partial charge in [0.2, 0.25) is 0 Å². The normalized spacial score (nSPS) is 11.5. The Morgan fingerprint density at radius 2 is 1.82 bits per heavy atom. The number of rotatable bonds is 7. The summed E-state index contributed by atoms with van der Waals surface area (Å²) in [5.41, 5.74) is 0.927. The van der Waals surface area contributed by atoms with Gasteiger partial charge in [-0.2, -0.15) is 0 Å². The molecule has 0 fully saturated rings. The number of hydrogen-bond acceptors (Lipinski definition) is 6. The Morgan fingerprint density at radius 1 is 1.12 bits per heavy atom. The lowest BCUT2D eigenvalue weighted by Gasteiger charge is -2.23. The SMILES string of the molecule is CNc1ccc(-n2cc(I)c3cc(N(CC(=O)O)S(=O)(=O)c4cc(Cl)cc(Cl)c4)ccc32)nn1. The Kier molecular flexibility index (Phi) is 6.90. The van der Waals surface area contributed by atoms with Crippen LogP contribution in [0.1, 0.15) is 0 Å². The number of nitrogens with one attached hydrogen (secondary N) is 1. The van der Waals surface area contributed by atoms with Gasteiger partial charge in [0.15, 0.2) is 5.82 Å². The molecule has 2 heterocycles. The second-order valence-electron chi connectivity index (χ2n) is 7.09. The van der Waals surface area contributed by atoms with Gasteiger partial charge in [-0.15, -0.1) is 10.2 Å². The number of carboxylic acid groups (broad SMARTS) is 1. The van der Waals surface area contributed by atoms with Crippen molar-refractivity contribution in [3.8, 4) is 5.82 Å². The highest BCUT2D eigenvalue weighted by atomic mass is 127. The summed E-state index contributed by atoms with van der Waals surface area (Å²) in [5.74, 6) is -0.125. The molecular formula is C21H16Cl2IN5O4S. The number of fused-ring (bicyclic) bond motifs is 1. The smallest absolute Gasteiger partial charge is 0.324 e. The van der Waals surface area contributed by atoms with Crippen molar-refractivity contribution in [2.45, 2.75) is 4.90 Å². The molecule has 0 aliphatic carbocycles. The van der Waals surface area contributed by atoms with Crippen LogP contribution >= 0.6 is 45.8 Å². The van der Waals surface area contributed by atoms with Crippen molar-refractivity contribution in [2.75, 3.05) is 23.2 Å². The van der Waals surface area contributed by atoms with Gasteiger partial charge in [-0.05, 0) is 71.1 Å². The third kappa shape index (κ3) is 4.78. The van der Waals surface area contributed by atoms with E-state index in [1.54, 1.807) is 31.3 Å². The molecule has 0 aliphatic rings. The summed E-state index contributed by atoms with van der Waals surface area (Å²) in [4.78, 5) is 11.4. The number of aliphatic carboxylic acids is 1. The third-order valence-electron chi connectivity index (χ3n) is 4.88. The Labute approximate surface area is 218 Å². The van der Waals surface area contributed by atoms with Crippen LogP contribution in [0.25, 0.3) is 16.7 Å². The van der Waals surface area contributed by atoms with E-state index in [1.165, 1.54) is 24.3 Å². The molecule has 4 rings (SSSR count). The van der Waals surface area contributed by atoms with Crippen molar-refractivity contribution < 1.29 is 18.3 Å². The van der Waals surface area contributed by atoms with Crippen molar-refractivity contribution in [1.29, 1.82) is 0 Å². The fourth-order valence-corrected chi connectivity index (χ4v) is 6.20. The van der Waals surface area contributed by atoms with E-state index in [2.05, 4.69) is 38.1 Å². The van der Waals surface area contributed by atoms with Gasteiger partial charge in [0, 0.05) is 32.2 Å². The number of hydrogen-bond donors (Lipinski definition) is 2. The molecule has 0 saturated heterocycles. The molecule has 9 nitrogen and oxygen atoms in total. The Balaban J connectivity index is 1.83. The lowest BCUT2D eigenvalue weighted by Crippen LogP contribution is -2.35. The minimum atomic E-state index is -4.28. The molecule has 4 aromatic rings. The fraction of sp³-hybridized carbons (Fsp3) is 0.0952. The zero-order valence-corrected chi connectivity index (χ0v) is 21.9. The predicted molar refractivity (Wildman–Crippen MR) is 140 cm³/mol. The van der Waals surface area contributed by atoms with Gasteiger partial charge in [0.25, 0.3) is 10.0 Å². The number of nitrogens with zero attached hydrogens (tertiary/aromatic N) is 4. The van der Waals surface area contributed by atoms with E-state index >= 15 is 0 Å². The minimum Gasteiger partial charge on any atom is -0.480 e. The Morgan fingerprint density at radius 3 is 2.41 bits per heavy atom. The topological polar surface area (TPSA) is 117 Å². The van der Waals surface area contributed by atoms with E-state index in [1.807, 2.05) is 10.8 Å². The van der Waals surface area contributed by atoms with Crippen LogP contribution in [0.2, 0.25) is 10.0 Å². The van der Waals surface area contributed by atoms with Crippen LogP contribution in [0, 0.1) is 3.57 Å². The number of aromatic nitrogens is 3. The van der Waals surface area contributed by atoms with Gasteiger partial charge in [0.1, 0.15) is 12.4 Å². The first-order valence-electron chi connectivity index (χ1n) is 9.63. The van der Waals surface area contributed by atoms with E-state index in [0.29, 0.717) is 17.0 Å². The number of benzene rings is 2. The van der Waals surface area contributed by atoms with Crippen LogP contribution in [0.4, 0.5) is 11.5 Å². The number of carboxylic acids is 1. The highest BCUT2D eigenvalue weighted by molar-refractivity contribution is 14.1. The van der Waals surface area contributed by atoms with E-state index in [-0.39, 0.29) is 20.6 Å². The van der Waals surface area contributed by atoms with Gasteiger partial charge in [-0.25, -0.2) is 8.42 Å². The molecule has 176 valence electrons. The second-order valence-corrected chi connectivity index (χ2v) is 11.0. The summed E-state index contributed by atoms with van der Waals surface area (Å²) in [7, 11) is -2.54. The molecule has 0 radical (unpaired) electrons. The molecule has 0 aliphatic heterocycles. The molecule has 0 atom stereocenters. The average Bonchev–Trinajstić information content (AvgIpc) is 3.12. The maximum atomic E-state index is 13.4. The molecule has 0 unspecified atom stereocenters. The molecule has 34 heavy (non-hydrogen) atoms. The predicted octanol–water partition coefficient (Wildman–Crippen LogP) is 4.65. The standard InChI is InChI=1S/C21H16Cl2IN5O4S/c1-25-19-4-5-20(27-26-19)28-10-17(24)16-9-14(2-3-18(16)28)29(11-21(30)31)34(32,33)15-7-12(22)6-13(23)8-15/h2-10H,11H2,1H3,(H,25,26)(H,30,31). The highest BCUT2D eigenvalue weighted by Gasteiger charge is 2.28. The second kappa shape index (κ2) is 9.56. The Hall–Kier alpha value is -2.61. The molecule has 2 N–H and O–H groups in total. The molecule has 13 heteroatoms. The molecule has 2 aromatic heterocycles. The van der Waals surface area contributed by atoms with E-state index < -0.39 is 22.5 Å². The summed E-state index contributed by atoms with van der Waals surface area (Å²) in [6, 6.07) is 12.3. The molecule has 0 amide bonds. The van der Waals surface area contributed by atoms with E-state index in [9.17, 15) is 18.3 Å². The van der Waals surface area contributed by atoms with Crippen LogP contribution in [0.15, 0.2) is 59.6 Å². The number of sulfonamides is 1. The van der Waals surface area contributed by atoms with Gasteiger partial charge in [0.05, 0.1) is 16.1 Å². The van der Waals surface area contributed by atoms with E-state index in [0.717, 1.165) is 13.4 Å². The van der Waals surface area contributed by atoms with Crippen LogP contribution in [-0.2, 0) is 14.8 Å². The summed E-state index contributed by atoms with van der Waals surface area (Å²) in [5, 5.41) is 21.6. The van der Waals surface area contributed by atoms with E-state index in [4.69, 9.17) is 23.2 Å². The lowest BCUT2D eigenvalue weighted by atomic mass is 10.2. The summed E-state index contributed by atoms with van der Waals surface area (Å²) < 4.78 is 30.2. The first kappa shape index (κ1) is 24.5. The van der Waals surface area contributed by atoms with Gasteiger partial charge in [-0.3, -0.25) is 13.7 Å². The highest BCUT2D eigenvalue weighted by Crippen LogP contribution is 2.33. The first-order chi connectivity index (χ1) is 16.1. The van der Waals surface area contributed by atoms with Crippen molar-refractivity contribution in [1.82, 2.24) is 14.8 Å². The van der Waals surface area contributed by atoms with Crippen LogP contribution in [0.3, 0.4) is 0 Å². The molecule has 0 saturated carbocycles. The quantitative estimate of drug-likeness (QED) is 0.285. The summed E-state index contributed by atoms with van der Waals surface area (Å²) >= 11 is 14.1. The molecule has 0 bridgehead atoms. The fourth-order valence-electron chi connectivity index (χ4n) is 3.35. The van der Waals surface area contributed by atoms with Crippen molar-refractivity contribution >= 4 is 84.2 Å². The monoisotopic (exact) mass is 631 g/mol. The van der Waals surface area contributed by atoms with Crippen molar-refractivity contribution in [3.05, 3.63) is 68.3 Å². The summed E-state index contributed by atoms with van der Waals surface area (Å²) in [6.45, 7) is -0.786. The number of carbonyl (C=O) groups is 1. The minimum absolute atomic E-state index is 0.119. The molecule has 2 aromatic carbocycles. The third-order valence-corrected chi connectivity index (χ3v) is 7.93. The van der Waals surface area contributed by atoms with Gasteiger partial charge >= 0.3 is 5.97 Å². The first-order valence-corrected chi connectivity index (χ1v) is 12.9. The summed E-state index contributed by atoms with van der Waals surface area (Å²) in [6.07, 6.45) is 1.84. The average molecular weight is 632 g/mol. The lowest BCUT2D eigenvalue weighted by molar-refractivity contribution is -0.135. The van der Waals surface area contributed by atoms with Crippen molar-refractivity contribution in [3.63, 3.8) is 0 Å². The zero-order valence-electron chi connectivity index (χ0n) is 17.4. The van der Waals surface area contributed by atoms with Crippen LogP contribution in [-0.4, -0.2) is 47.9 Å². The molecular weight excluding hydrogens is 616 g/mol. The molecule has 0 spiro atoms. The number of anilines is 2. The zero-order chi connectivity index (χ0) is 24.6. The van der Waals surface area contributed by atoms with Gasteiger partial charge in [-0.1, -0.05) is 23.2 Å². The Bertz CT molecular complexity index is 1490. The number of halogens is 3. The maximum Gasteiger partial charge on any atom is 0.324 e. The van der Waals surface area contributed by atoms with Crippen LogP contribution in [0.5, 0.6) is 0 Å². The van der Waals surface area contributed by atoms with Gasteiger partial charge < -0.3 is 10.4 Å².